The van der Waals surface area contributed by atoms with Gasteiger partial charge in [-0.15, -0.1) is 0 Å². The van der Waals surface area contributed by atoms with E-state index in [1.54, 1.807) is 18.2 Å². The summed E-state index contributed by atoms with van der Waals surface area (Å²) in [6.07, 6.45) is 0.213. The van der Waals surface area contributed by atoms with Gasteiger partial charge in [0.2, 0.25) is 0 Å². The van der Waals surface area contributed by atoms with Crippen LogP contribution < -0.4 is 5.56 Å². The number of ether oxygens (including phenoxy) is 1. The van der Waals surface area contributed by atoms with Gasteiger partial charge in [-0.1, -0.05) is 11.6 Å². The minimum Gasteiger partial charge on any atom is -0.376 e. The van der Waals surface area contributed by atoms with Crippen LogP contribution in [0.4, 0.5) is 0 Å². The number of H-pyrrole nitrogens is 1. The van der Waals surface area contributed by atoms with Gasteiger partial charge in [0.25, 0.3) is 5.56 Å². The van der Waals surface area contributed by atoms with Gasteiger partial charge in [0.05, 0.1) is 30.2 Å². The fourth-order valence-corrected chi connectivity index (χ4v) is 2.65. The Bertz CT molecular complexity index is 686. The Morgan fingerprint density at radius 3 is 3.20 bits per heavy atom. The van der Waals surface area contributed by atoms with Gasteiger partial charge in [0.15, 0.2) is 0 Å². The molecule has 3 rings (SSSR count). The molecule has 1 fully saturated rings. The highest BCUT2D eigenvalue weighted by Gasteiger charge is 2.17. The number of rotatable bonds is 2. The molecule has 1 atom stereocenters. The molecular formula is C14H16ClN3O2. The Morgan fingerprint density at radius 1 is 1.55 bits per heavy atom. The second kappa shape index (κ2) is 5.52. The first-order valence-corrected chi connectivity index (χ1v) is 7.02. The van der Waals surface area contributed by atoms with Crippen molar-refractivity contribution >= 4 is 22.5 Å². The summed E-state index contributed by atoms with van der Waals surface area (Å²) in [5, 5.41) is 1.15. The SMILES string of the molecule is CC1CN(Cc2nc3cc(Cl)ccc3c(=O)[nH]2)CCO1. The van der Waals surface area contributed by atoms with Gasteiger partial charge >= 0.3 is 0 Å². The monoisotopic (exact) mass is 293 g/mol. The summed E-state index contributed by atoms with van der Waals surface area (Å²) in [7, 11) is 0. The van der Waals surface area contributed by atoms with E-state index in [1.165, 1.54) is 0 Å². The van der Waals surface area contributed by atoms with Crippen LogP contribution in [0.3, 0.4) is 0 Å². The summed E-state index contributed by atoms with van der Waals surface area (Å²) in [6.45, 7) is 5.07. The lowest BCUT2D eigenvalue weighted by atomic mass is 10.2. The normalized spacial score (nSPS) is 20.4. The second-order valence-electron chi connectivity index (χ2n) is 5.09. The summed E-state index contributed by atoms with van der Waals surface area (Å²) in [5.74, 6) is 0.666. The van der Waals surface area contributed by atoms with Crippen LogP contribution in [0.15, 0.2) is 23.0 Å². The lowest BCUT2D eigenvalue weighted by molar-refractivity contribution is -0.0219. The average molecular weight is 294 g/mol. The van der Waals surface area contributed by atoms with Crippen molar-refractivity contribution in [1.82, 2.24) is 14.9 Å². The van der Waals surface area contributed by atoms with Crippen LogP contribution in [0.2, 0.25) is 5.02 Å². The second-order valence-corrected chi connectivity index (χ2v) is 5.53. The van der Waals surface area contributed by atoms with Gasteiger partial charge in [-0.3, -0.25) is 9.69 Å². The molecule has 1 unspecified atom stereocenters. The Labute approximate surface area is 121 Å². The van der Waals surface area contributed by atoms with Crippen LogP contribution in [-0.4, -0.2) is 40.7 Å². The average Bonchev–Trinajstić information content (AvgIpc) is 2.38. The molecule has 0 bridgehead atoms. The van der Waals surface area contributed by atoms with Gasteiger partial charge in [0.1, 0.15) is 5.82 Å². The number of aromatic amines is 1. The molecule has 0 amide bonds. The zero-order valence-electron chi connectivity index (χ0n) is 11.2. The third kappa shape index (κ3) is 2.85. The Hall–Kier alpha value is -1.43. The molecule has 5 nitrogen and oxygen atoms in total. The van der Waals surface area contributed by atoms with E-state index in [1.807, 2.05) is 6.92 Å². The number of fused-ring (bicyclic) bond motifs is 1. The van der Waals surface area contributed by atoms with Gasteiger partial charge in [-0.25, -0.2) is 4.98 Å². The van der Waals surface area contributed by atoms with Gasteiger partial charge in [-0.2, -0.15) is 0 Å². The highest BCUT2D eigenvalue weighted by atomic mass is 35.5. The van der Waals surface area contributed by atoms with Crippen molar-refractivity contribution in [2.45, 2.75) is 19.6 Å². The maximum absolute atomic E-state index is 12.0. The van der Waals surface area contributed by atoms with Crippen LogP contribution in [0.5, 0.6) is 0 Å². The highest BCUT2D eigenvalue weighted by Crippen LogP contribution is 2.15. The van der Waals surface area contributed by atoms with Crippen molar-refractivity contribution in [3.05, 3.63) is 39.4 Å². The van der Waals surface area contributed by atoms with Crippen molar-refractivity contribution in [3.63, 3.8) is 0 Å². The van der Waals surface area contributed by atoms with Crippen molar-refractivity contribution in [2.24, 2.45) is 0 Å². The van der Waals surface area contributed by atoms with Crippen molar-refractivity contribution < 1.29 is 4.74 Å². The molecule has 1 aromatic heterocycles. The fourth-order valence-electron chi connectivity index (χ4n) is 2.48. The molecule has 20 heavy (non-hydrogen) atoms. The maximum Gasteiger partial charge on any atom is 0.258 e. The van der Waals surface area contributed by atoms with Gasteiger partial charge in [-0.05, 0) is 25.1 Å². The minimum absolute atomic E-state index is 0.122. The Kier molecular flexibility index (Phi) is 3.74. The Morgan fingerprint density at radius 2 is 2.40 bits per heavy atom. The number of nitrogens with one attached hydrogen (secondary N) is 1. The zero-order valence-corrected chi connectivity index (χ0v) is 12.0. The fraction of sp³-hybridized carbons (Fsp3) is 0.429. The van der Waals surface area contributed by atoms with Crippen LogP contribution in [-0.2, 0) is 11.3 Å². The first-order chi connectivity index (χ1) is 9.61. The van der Waals surface area contributed by atoms with Crippen LogP contribution in [0, 0.1) is 0 Å². The van der Waals surface area contributed by atoms with Crippen molar-refractivity contribution in [2.75, 3.05) is 19.7 Å². The molecule has 6 heteroatoms. The van der Waals surface area contributed by atoms with Crippen LogP contribution >= 0.6 is 11.6 Å². The Balaban J connectivity index is 1.90. The van der Waals surface area contributed by atoms with E-state index in [0.717, 1.165) is 13.1 Å². The van der Waals surface area contributed by atoms with Crippen LogP contribution in [0.25, 0.3) is 10.9 Å². The molecule has 2 aromatic rings. The third-order valence-electron chi connectivity index (χ3n) is 3.42. The lowest BCUT2D eigenvalue weighted by Crippen LogP contribution is -2.41. The molecular weight excluding hydrogens is 278 g/mol. The van der Waals surface area contributed by atoms with Gasteiger partial charge in [0, 0.05) is 18.1 Å². The molecule has 1 saturated heterocycles. The molecule has 1 aliphatic heterocycles. The summed E-state index contributed by atoms with van der Waals surface area (Å²) in [6, 6.07) is 5.12. The number of halogens is 1. The number of aromatic nitrogens is 2. The summed E-state index contributed by atoms with van der Waals surface area (Å²) in [4.78, 5) is 21.6. The van der Waals surface area contributed by atoms with E-state index in [2.05, 4.69) is 14.9 Å². The topological polar surface area (TPSA) is 58.2 Å². The first kappa shape index (κ1) is 13.5. The molecule has 106 valence electrons. The molecule has 0 aliphatic carbocycles. The van der Waals surface area contributed by atoms with E-state index in [9.17, 15) is 4.79 Å². The standard InChI is InChI=1S/C14H16ClN3O2/c1-9-7-18(4-5-20-9)8-13-16-12-6-10(15)2-3-11(12)14(19)17-13/h2-3,6,9H,4-5,7-8H2,1H3,(H,16,17,19). The predicted molar refractivity (Wildman–Crippen MR) is 78.1 cm³/mol. The number of hydrogen-bond acceptors (Lipinski definition) is 4. The molecule has 0 radical (unpaired) electrons. The number of morpholine rings is 1. The molecule has 1 aliphatic rings. The maximum atomic E-state index is 12.0. The molecule has 0 spiro atoms. The third-order valence-corrected chi connectivity index (χ3v) is 3.65. The summed E-state index contributed by atoms with van der Waals surface area (Å²) >= 11 is 5.96. The van der Waals surface area contributed by atoms with E-state index in [-0.39, 0.29) is 11.7 Å². The number of nitrogens with zero attached hydrogens (tertiary/aromatic N) is 2. The smallest absolute Gasteiger partial charge is 0.258 e. The quantitative estimate of drug-likeness (QED) is 0.917. The molecule has 2 heterocycles. The predicted octanol–water partition coefficient (Wildman–Crippen LogP) is 1.80. The van der Waals surface area contributed by atoms with Gasteiger partial charge < -0.3 is 9.72 Å². The molecule has 1 aromatic carbocycles. The highest BCUT2D eigenvalue weighted by molar-refractivity contribution is 6.31. The molecule has 1 N–H and O–H groups in total. The lowest BCUT2D eigenvalue weighted by Gasteiger charge is -2.30. The zero-order chi connectivity index (χ0) is 14.1. The van der Waals surface area contributed by atoms with E-state index in [0.29, 0.717) is 34.9 Å². The molecule has 0 saturated carbocycles. The number of benzene rings is 1. The van der Waals surface area contributed by atoms with Crippen molar-refractivity contribution in [1.29, 1.82) is 0 Å². The minimum atomic E-state index is -0.122. The summed E-state index contributed by atoms with van der Waals surface area (Å²) in [5.41, 5.74) is 0.514. The van der Waals surface area contributed by atoms with Crippen molar-refractivity contribution in [3.8, 4) is 0 Å². The summed E-state index contributed by atoms with van der Waals surface area (Å²) < 4.78 is 5.50. The largest absolute Gasteiger partial charge is 0.376 e. The van der Waals surface area contributed by atoms with Crippen LogP contribution in [0.1, 0.15) is 12.7 Å². The van der Waals surface area contributed by atoms with E-state index >= 15 is 0 Å². The van der Waals surface area contributed by atoms with E-state index in [4.69, 9.17) is 16.3 Å². The first-order valence-electron chi connectivity index (χ1n) is 6.64. The number of hydrogen-bond donors (Lipinski definition) is 1. The van der Waals surface area contributed by atoms with E-state index < -0.39 is 0 Å².